The fourth-order valence-corrected chi connectivity index (χ4v) is 7.82. The van der Waals surface area contributed by atoms with Crippen LogP contribution >= 0.6 is 0 Å². The minimum absolute atomic E-state index is 0.0329. The third-order valence-corrected chi connectivity index (χ3v) is 9.96. The Morgan fingerprint density at radius 1 is 1.09 bits per heavy atom. The quantitative estimate of drug-likeness (QED) is 0.122. The standard InChI is InChI=1S/C33H37NO13/c1-3-43-32-31-34(7-8-44-32)18-9-21(45-14(2)30(18)47-31)46-19-11-33(42,20(37)13-36)10-17-23(19)29(41)25-24(27(17)39)26(38)16-6-4-5-15(12-35)22(16)28(25)40/h4-6,12,14,18-19,21,30-32,36,38-42H,3,7-11,13H2,1-2H3/t14-,18-,19-,21-,30+,31+,32-,33-/m0/s1. The van der Waals surface area contributed by atoms with E-state index in [0.29, 0.717) is 32.5 Å². The summed E-state index contributed by atoms with van der Waals surface area (Å²) in [5, 5.41) is 66.7. The molecule has 3 saturated heterocycles. The Labute approximate surface area is 268 Å². The van der Waals surface area contributed by atoms with Crippen LogP contribution in [0.3, 0.4) is 0 Å². The number of benzene rings is 3. The van der Waals surface area contributed by atoms with Gasteiger partial charge in [-0.3, -0.25) is 14.5 Å². The molecule has 3 heterocycles. The summed E-state index contributed by atoms with van der Waals surface area (Å²) in [6, 6.07) is 4.17. The lowest BCUT2D eigenvalue weighted by atomic mass is 9.74. The van der Waals surface area contributed by atoms with Gasteiger partial charge in [0.05, 0.1) is 29.6 Å². The summed E-state index contributed by atoms with van der Waals surface area (Å²) >= 11 is 0. The maximum atomic E-state index is 12.9. The van der Waals surface area contributed by atoms with E-state index in [4.69, 9.17) is 23.7 Å². The zero-order valence-corrected chi connectivity index (χ0v) is 25.8. The van der Waals surface area contributed by atoms with Crippen LogP contribution < -0.4 is 0 Å². The minimum Gasteiger partial charge on any atom is -0.507 e. The first-order chi connectivity index (χ1) is 22.5. The molecule has 3 fully saturated rings. The molecule has 14 nitrogen and oxygen atoms in total. The zero-order chi connectivity index (χ0) is 33.4. The molecule has 0 spiro atoms. The minimum atomic E-state index is -2.22. The second kappa shape index (κ2) is 11.8. The van der Waals surface area contributed by atoms with Crippen LogP contribution in [0.1, 0.15) is 54.3 Å². The monoisotopic (exact) mass is 655 g/mol. The normalized spacial score (nSPS) is 32.2. The molecule has 1 aliphatic carbocycles. The molecule has 3 aliphatic heterocycles. The number of carbonyl (C=O) groups excluding carboxylic acids is 2. The van der Waals surface area contributed by atoms with E-state index in [0.717, 1.165) is 0 Å². The van der Waals surface area contributed by atoms with Gasteiger partial charge in [0, 0.05) is 65.9 Å². The number of morpholine rings is 1. The fourth-order valence-electron chi connectivity index (χ4n) is 7.82. The van der Waals surface area contributed by atoms with Crippen LogP contribution in [0.2, 0.25) is 0 Å². The lowest BCUT2D eigenvalue weighted by Crippen LogP contribution is -2.55. The number of fused-ring (bicyclic) bond motifs is 6. The summed E-state index contributed by atoms with van der Waals surface area (Å²) in [6.45, 7) is 4.14. The van der Waals surface area contributed by atoms with Gasteiger partial charge in [0.25, 0.3) is 0 Å². The summed E-state index contributed by atoms with van der Waals surface area (Å²) in [5.74, 6) is -3.22. The topological polar surface area (TPSA) is 205 Å². The molecule has 0 aromatic heterocycles. The van der Waals surface area contributed by atoms with Crippen molar-refractivity contribution in [2.45, 2.75) is 81.9 Å². The van der Waals surface area contributed by atoms with Crippen molar-refractivity contribution in [3.63, 3.8) is 0 Å². The SMILES string of the molecule is CCO[C@H]1OCCN2[C@@H]1O[C@@H]1[C@H](C)O[C@@H](O[C@H]3C[C@](O)(C(=O)CO)Cc4c3c(O)c3c(O)c5c(C=O)cccc5c(O)c3c4O)C[C@@H]12. The van der Waals surface area contributed by atoms with Crippen LogP contribution in [-0.4, -0.2) is 117 Å². The van der Waals surface area contributed by atoms with Crippen molar-refractivity contribution in [2.24, 2.45) is 0 Å². The lowest BCUT2D eigenvalue weighted by molar-refractivity contribution is -0.260. The van der Waals surface area contributed by atoms with Crippen molar-refractivity contribution >= 4 is 33.6 Å². The van der Waals surface area contributed by atoms with Gasteiger partial charge >= 0.3 is 0 Å². The number of ether oxygens (including phenoxy) is 5. The molecule has 3 aromatic rings. The van der Waals surface area contributed by atoms with Crippen LogP contribution in [0.5, 0.6) is 23.0 Å². The second-order valence-electron chi connectivity index (χ2n) is 12.5. The number of phenols is 4. The summed E-state index contributed by atoms with van der Waals surface area (Å²) in [6.07, 6.45) is -4.25. The van der Waals surface area contributed by atoms with Crippen LogP contribution in [-0.2, 0) is 34.9 Å². The highest BCUT2D eigenvalue weighted by atomic mass is 16.7. The van der Waals surface area contributed by atoms with Crippen LogP contribution in [0, 0.1) is 0 Å². The third-order valence-electron chi connectivity index (χ3n) is 9.96. The summed E-state index contributed by atoms with van der Waals surface area (Å²) in [5.41, 5.74) is -2.34. The van der Waals surface area contributed by atoms with Gasteiger partial charge in [0.1, 0.15) is 41.3 Å². The first-order valence-electron chi connectivity index (χ1n) is 15.7. The van der Waals surface area contributed by atoms with E-state index in [-0.39, 0.29) is 50.4 Å². The van der Waals surface area contributed by atoms with Crippen molar-refractivity contribution in [2.75, 3.05) is 26.4 Å². The number of hydrogen-bond acceptors (Lipinski definition) is 14. The highest BCUT2D eigenvalue weighted by Gasteiger charge is 2.55. The molecule has 0 amide bonds. The highest BCUT2D eigenvalue weighted by Crippen LogP contribution is 2.57. The highest BCUT2D eigenvalue weighted by molar-refractivity contribution is 6.18. The van der Waals surface area contributed by atoms with Gasteiger partial charge < -0.3 is 54.3 Å². The van der Waals surface area contributed by atoms with E-state index in [1.54, 1.807) is 0 Å². The van der Waals surface area contributed by atoms with Crippen LogP contribution in [0.15, 0.2) is 18.2 Å². The second-order valence-corrected chi connectivity index (χ2v) is 12.5. The average Bonchev–Trinajstić information content (AvgIpc) is 3.44. The number of aromatic hydroxyl groups is 4. The molecule has 0 saturated carbocycles. The Hall–Kier alpha value is -3.60. The number of Topliss-reactive ketones (excluding diaryl/α,β-unsaturated/α-hetero) is 1. The number of phenolic OH excluding ortho intramolecular Hbond substituents is 4. The maximum absolute atomic E-state index is 12.9. The molecule has 6 N–H and O–H groups in total. The summed E-state index contributed by atoms with van der Waals surface area (Å²) < 4.78 is 30.5. The predicted octanol–water partition coefficient (Wildman–Crippen LogP) is 1.85. The van der Waals surface area contributed by atoms with E-state index >= 15 is 0 Å². The molecule has 8 atom stereocenters. The molecule has 7 rings (SSSR count). The van der Waals surface area contributed by atoms with Gasteiger partial charge in [0.2, 0.25) is 0 Å². The van der Waals surface area contributed by atoms with Crippen molar-refractivity contribution in [3.8, 4) is 23.0 Å². The van der Waals surface area contributed by atoms with Gasteiger partial charge in [-0.1, -0.05) is 18.2 Å². The fraction of sp³-hybridized carbons (Fsp3) is 0.515. The molecule has 252 valence electrons. The number of rotatable bonds is 7. The van der Waals surface area contributed by atoms with Gasteiger partial charge in [-0.2, -0.15) is 0 Å². The number of carbonyl (C=O) groups is 2. The smallest absolute Gasteiger partial charge is 0.197 e. The van der Waals surface area contributed by atoms with Crippen molar-refractivity contribution in [3.05, 3.63) is 34.9 Å². The molecule has 14 heteroatoms. The van der Waals surface area contributed by atoms with Gasteiger partial charge in [-0.25, -0.2) is 0 Å². The molecule has 47 heavy (non-hydrogen) atoms. The largest absolute Gasteiger partial charge is 0.507 e. The molecular formula is C33H37NO13. The van der Waals surface area contributed by atoms with Crippen molar-refractivity contribution in [1.29, 1.82) is 0 Å². The maximum Gasteiger partial charge on any atom is 0.197 e. The van der Waals surface area contributed by atoms with E-state index in [1.807, 2.05) is 13.8 Å². The number of aliphatic hydroxyl groups excluding tert-OH is 1. The lowest BCUT2D eigenvalue weighted by Gasteiger charge is -2.43. The number of ketones is 1. The Morgan fingerprint density at radius 2 is 1.85 bits per heavy atom. The van der Waals surface area contributed by atoms with Gasteiger partial charge in [0.15, 0.2) is 30.9 Å². The molecule has 3 aromatic carbocycles. The summed E-state index contributed by atoms with van der Waals surface area (Å²) in [4.78, 5) is 26.9. The zero-order valence-electron chi connectivity index (χ0n) is 25.8. The van der Waals surface area contributed by atoms with Crippen molar-refractivity contribution < 1.29 is 63.9 Å². The molecule has 0 unspecified atom stereocenters. The first-order valence-corrected chi connectivity index (χ1v) is 15.7. The summed E-state index contributed by atoms with van der Waals surface area (Å²) in [7, 11) is 0. The Kier molecular flexibility index (Phi) is 8.04. The van der Waals surface area contributed by atoms with Crippen LogP contribution in [0.25, 0.3) is 21.5 Å². The molecular weight excluding hydrogens is 618 g/mol. The van der Waals surface area contributed by atoms with E-state index in [1.165, 1.54) is 18.2 Å². The molecule has 4 aliphatic rings. The Bertz CT molecular complexity index is 1760. The predicted molar refractivity (Wildman–Crippen MR) is 162 cm³/mol. The van der Waals surface area contributed by atoms with Gasteiger partial charge in [-0.05, 0) is 13.8 Å². The van der Waals surface area contributed by atoms with Crippen molar-refractivity contribution in [1.82, 2.24) is 4.90 Å². The number of aliphatic hydroxyl groups is 2. The van der Waals surface area contributed by atoms with E-state index in [2.05, 4.69) is 4.90 Å². The third kappa shape index (κ3) is 4.85. The number of aldehydes is 1. The Morgan fingerprint density at radius 3 is 2.57 bits per heavy atom. The first kappa shape index (κ1) is 32.0. The van der Waals surface area contributed by atoms with Gasteiger partial charge in [-0.15, -0.1) is 0 Å². The Balaban J connectivity index is 1.33. The van der Waals surface area contributed by atoms with Crippen LogP contribution in [0.4, 0.5) is 0 Å². The molecule has 0 radical (unpaired) electrons. The molecule has 0 bridgehead atoms. The van der Waals surface area contributed by atoms with E-state index < -0.39 is 84.8 Å². The number of hydrogen-bond donors (Lipinski definition) is 6. The average molecular weight is 656 g/mol. The number of nitrogens with zero attached hydrogens (tertiary/aromatic N) is 1. The van der Waals surface area contributed by atoms with E-state index in [9.17, 15) is 40.2 Å².